The molecule has 0 saturated heterocycles. The number of unbranched alkanes of at least 4 members (excludes halogenated alkanes) is 2. The lowest BCUT2D eigenvalue weighted by molar-refractivity contribution is -0.687. The number of rotatable bonds is 13. The molecule has 17 heteroatoms. The smallest absolute Gasteiger partial charge is 0.346 e. The number of nitrogens with one attached hydrogen (secondary N) is 2. The van der Waals surface area contributed by atoms with Crippen LogP contribution in [-0.2, 0) is 42.9 Å². The molecule has 15 nitrogen and oxygen atoms in total. The van der Waals surface area contributed by atoms with E-state index in [0.29, 0.717) is 81.7 Å². The number of aryl methyl sites for hydroxylation is 1. The average Bonchev–Trinajstić information content (AvgIpc) is 3.36. The third-order valence-electron chi connectivity index (χ3n) is 9.13. The van der Waals surface area contributed by atoms with E-state index in [4.69, 9.17) is 9.84 Å². The highest BCUT2D eigenvalue weighted by molar-refractivity contribution is 7.86. The molecule has 0 aliphatic carbocycles. The molecule has 282 valence electrons. The molecule has 0 unspecified atom stereocenters. The Bertz CT molecular complexity index is 2480. The lowest BCUT2D eigenvalue weighted by Crippen LogP contribution is -2.89. The zero-order chi connectivity index (χ0) is 38.7. The van der Waals surface area contributed by atoms with Crippen molar-refractivity contribution in [3.05, 3.63) is 81.9 Å². The van der Waals surface area contributed by atoms with Gasteiger partial charge in [0.1, 0.15) is 23.9 Å². The molecule has 4 N–H and O–H groups in total. The van der Waals surface area contributed by atoms with E-state index < -0.39 is 61.3 Å². The first-order chi connectivity index (χ1) is 24.6. The molecule has 0 amide bonds. The predicted octanol–water partition coefficient (Wildman–Crippen LogP) is 0.412. The number of nitrogens with zero attached hydrogens (tertiary/aromatic N) is 2. The number of carbonyl (C=O) groups is 2. The third kappa shape index (κ3) is 8.53. The second-order valence-corrected chi connectivity index (χ2v) is 17.6. The van der Waals surface area contributed by atoms with E-state index >= 15 is 0 Å². The summed E-state index contributed by atoms with van der Waals surface area (Å²) in [7, 11) is -9.43. The van der Waals surface area contributed by atoms with Crippen molar-refractivity contribution < 1.29 is 60.0 Å². The fourth-order valence-corrected chi connectivity index (χ4v) is 8.56. The Balaban J connectivity index is 1.67. The number of ether oxygens (including phenoxy) is 1. The van der Waals surface area contributed by atoms with E-state index in [0.717, 1.165) is 0 Å². The zero-order valence-electron chi connectivity index (χ0n) is 29.6. The summed E-state index contributed by atoms with van der Waals surface area (Å²) >= 11 is 0. The van der Waals surface area contributed by atoms with Gasteiger partial charge in [0.05, 0.1) is 61.0 Å². The van der Waals surface area contributed by atoms with Crippen LogP contribution in [0, 0.1) is 0 Å². The van der Waals surface area contributed by atoms with Crippen molar-refractivity contribution in [1.82, 2.24) is 4.57 Å². The van der Waals surface area contributed by atoms with Gasteiger partial charge in [-0.05, 0) is 62.5 Å². The molecule has 3 aliphatic rings. The quantitative estimate of drug-likeness (QED) is 0.0823. The SMILES string of the molecule is CC1(C)C=C(CS(=O)(=O)[O-])c2cc3c(cc2N1)Oc1cc2c(cc1=C3c1n(CCCCCC(=O)O)cc[n+]1CC(=O)O)C(CS(=O)(=O)[O-])=CC(C)(C)[NH+]=2. The Labute approximate surface area is 306 Å². The summed E-state index contributed by atoms with van der Waals surface area (Å²) in [6.07, 6.45) is 8.24. The molecule has 3 aromatic rings. The van der Waals surface area contributed by atoms with E-state index in [2.05, 4.69) is 10.3 Å². The number of aromatic nitrogens is 2. The highest BCUT2D eigenvalue weighted by atomic mass is 32.2. The normalized spacial score (nSPS) is 16.8. The molecular formula is C36H40N4O11S2. The molecule has 3 aliphatic heterocycles. The largest absolute Gasteiger partial charge is 0.748 e. The van der Waals surface area contributed by atoms with Crippen LogP contribution in [0.15, 0.2) is 48.8 Å². The molecule has 2 aromatic carbocycles. The molecule has 4 heterocycles. The Kier molecular flexibility index (Phi) is 9.68. The van der Waals surface area contributed by atoms with Gasteiger partial charge in [-0.2, -0.15) is 0 Å². The maximum Gasteiger partial charge on any atom is 0.346 e. The van der Waals surface area contributed by atoms with E-state index in [1.165, 1.54) is 4.57 Å². The minimum atomic E-state index is -4.71. The minimum absolute atomic E-state index is 0.00276. The number of fused-ring (bicyclic) bond motifs is 4. The van der Waals surface area contributed by atoms with Crippen LogP contribution in [0.25, 0.3) is 16.7 Å². The van der Waals surface area contributed by atoms with Gasteiger partial charge in [-0.3, -0.25) is 4.79 Å². The van der Waals surface area contributed by atoms with Crippen molar-refractivity contribution in [2.45, 2.75) is 77.5 Å². The van der Waals surface area contributed by atoms with Gasteiger partial charge >= 0.3 is 11.9 Å². The Hall–Kier alpha value is -4.84. The number of aliphatic carboxylic acids is 2. The molecule has 0 radical (unpaired) electrons. The van der Waals surface area contributed by atoms with Crippen molar-refractivity contribution >= 4 is 54.6 Å². The molecule has 0 atom stereocenters. The lowest BCUT2D eigenvalue weighted by Gasteiger charge is -2.34. The van der Waals surface area contributed by atoms with Crippen molar-refractivity contribution in [3.8, 4) is 11.5 Å². The van der Waals surface area contributed by atoms with Crippen LogP contribution in [0.1, 0.15) is 75.9 Å². The number of carboxylic acids is 2. The van der Waals surface area contributed by atoms with Gasteiger partial charge in [0.25, 0.3) is 5.82 Å². The fourth-order valence-electron chi connectivity index (χ4n) is 7.32. The second-order valence-electron chi connectivity index (χ2n) is 14.7. The van der Waals surface area contributed by atoms with Gasteiger partial charge < -0.3 is 29.4 Å². The van der Waals surface area contributed by atoms with Gasteiger partial charge in [-0.25, -0.2) is 35.8 Å². The van der Waals surface area contributed by atoms with Gasteiger partial charge in [0, 0.05) is 48.4 Å². The first-order valence-corrected chi connectivity index (χ1v) is 20.1. The summed E-state index contributed by atoms with van der Waals surface area (Å²) < 4.78 is 82.5. The number of benzene rings is 2. The van der Waals surface area contributed by atoms with Crippen LogP contribution in [0.2, 0.25) is 0 Å². The van der Waals surface area contributed by atoms with Gasteiger partial charge in [-0.1, -0.05) is 6.08 Å². The lowest BCUT2D eigenvalue weighted by atomic mass is 9.87. The Morgan fingerprint density at radius 2 is 1.55 bits per heavy atom. The summed E-state index contributed by atoms with van der Waals surface area (Å²) in [6.45, 7) is 7.22. The maximum atomic E-state index is 12.2. The van der Waals surface area contributed by atoms with Crippen LogP contribution in [0.3, 0.4) is 0 Å². The van der Waals surface area contributed by atoms with Crippen LogP contribution in [0.4, 0.5) is 5.69 Å². The third-order valence-corrected chi connectivity index (χ3v) is 10.5. The molecule has 1 aromatic heterocycles. The number of hydrogen-bond donors (Lipinski definition) is 4. The predicted molar refractivity (Wildman–Crippen MR) is 189 cm³/mol. The number of anilines is 1. The first kappa shape index (κ1) is 37.9. The maximum absolute atomic E-state index is 12.2. The fraction of sp³-hybridized carbons (Fsp3) is 0.389. The Morgan fingerprint density at radius 3 is 2.19 bits per heavy atom. The molecule has 6 rings (SSSR count). The average molecular weight is 769 g/mol. The molecule has 0 fully saturated rings. The first-order valence-electron chi connectivity index (χ1n) is 16.9. The van der Waals surface area contributed by atoms with E-state index in [1.807, 2.05) is 32.3 Å². The second kappa shape index (κ2) is 13.5. The summed E-state index contributed by atoms with van der Waals surface area (Å²) in [5.41, 5.74) is 1.30. The number of imidazole rings is 1. The van der Waals surface area contributed by atoms with E-state index in [9.17, 15) is 40.6 Å². The van der Waals surface area contributed by atoms with Crippen molar-refractivity contribution in [1.29, 1.82) is 0 Å². The summed E-state index contributed by atoms with van der Waals surface area (Å²) in [6, 6.07) is 6.79. The van der Waals surface area contributed by atoms with Gasteiger partial charge in [0.2, 0.25) is 5.36 Å². The van der Waals surface area contributed by atoms with Gasteiger partial charge in [0.15, 0.2) is 12.1 Å². The minimum Gasteiger partial charge on any atom is -0.748 e. The highest BCUT2D eigenvalue weighted by Gasteiger charge is 2.36. The molecular weight excluding hydrogens is 729 g/mol. The van der Waals surface area contributed by atoms with Crippen molar-refractivity contribution in [3.63, 3.8) is 0 Å². The van der Waals surface area contributed by atoms with E-state index in [1.54, 1.807) is 48.8 Å². The molecule has 0 bridgehead atoms. The monoisotopic (exact) mass is 768 g/mol. The van der Waals surface area contributed by atoms with Crippen molar-refractivity contribution in [2.75, 3.05) is 16.8 Å². The number of carboxylic acid groups (broad SMARTS) is 2. The standard InChI is InChI=1S/C36H40N4O11S2/c1-35(2)16-21(19-52(45,46)47)23-12-25-29(14-27(23)37-35)51-30-15-28-24(22(20-53(48,49)50)17-36(3,4)38-28)13-26(30)33(25)34-39(9-7-5-6-8-31(41)42)10-11-40(34)18-32(43)44/h10-17H,5-9,18-20H2,1-4H3,(H4-,37,38,41,42,43,44,45,46,47,48,49,50). The molecule has 53 heavy (non-hydrogen) atoms. The Morgan fingerprint density at radius 1 is 0.868 bits per heavy atom. The van der Waals surface area contributed by atoms with Crippen LogP contribution < -0.4 is 30.2 Å². The topological polar surface area (TPSA) is 233 Å². The highest BCUT2D eigenvalue weighted by Crippen LogP contribution is 2.44. The summed E-state index contributed by atoms with van der Waals surface area (Å²) in [4.78, 5) is 26.7. The van der Waals surface area contributed by atoms with Crippen LogP contribution in [-0.4, -0.2) is 75.2 Å². The van der Waals surface area contributed by atoms with Gasteiger partial charge in [-0.15, -0.1) is 0 Å². The summed E-state index contributed by atoms with van der Waals surface area (Å²) in [5, 5.41) is 23.4. The van der Waals surface area contributed by atoms with Crippen molar-refractivity contribution in [2.24, 2.45) is 0 Å². The summed E-state index contributed by atoms with van der Waals surface area (Å²) in [5.74, 6) is -2.50. The van der Waals surface area contributed by atoms with E-state index in [-0.39, 0.29) is 17.6 Å². The van der Waals surface area contributed by atoms with Crippen LogP contribution in [0.5, 0.6) is 11.5 Å². The molecule has 0 spiro atoms. The number of hydrogen-bond acceptors (Lipinski definition) is 10. The van der Waals surface area contributed by atoms with Crippen LogP contribution >= 0.6 is 0 Å². The molecule has 0 saturated carbocycles. The zero-order valence-corrected chi connectivity index (χ0v) is 31.2.